The van der Waals surface area contributed by atoms with Crippen LogP contribution in [0.25, 0.3) is 0 Å². The highest BCUT2D eigenvalue weighted by Crippen LogP contribution is 2.17. The van der Waals surface area contributed by atoms with Crippen molar-refractivity contribution < 1.29 is 9.53 Å². The molecular weight excluding hydrogens is 428 g/mol. The fourth-order valence-corrected chi connectivity index (χ4v) is 3.03. The van der Waals surface area contributed by atoms with Crippen LogP contribution < -0.4 is 10.2 Å². The summed E-state index contributed by atoms with van der Waals surface area (Å²) < 4.78 is 6.50. The van der Waals surface area contributed by atoms with Crippen LogP contribution in [-0.4, -0.2) is 12.1 Å². The highest BCUT2D eigenvalue weighted by molar-refractivity contribution is 9.10. The number of hydrogen-bond acceptors (Lipinski definition) is 3. The first kappa shape index (κ1) is 19.1. The Kier molecular flexibility index (Phi) is 6.63. The minimum atomic E-state index is -0.285. The standard InChI is InChI=1S/C21H16BrClN2O2/c22-20-10-2-1-9-19(20)21(26)25-24-13-15-5-4-8-18(12-15)27-14-16-6-3-7-17(23)11-16/h1-13H,14H2,(H,25,26)/b24-13-. The maximum Gasteiger partial charge on any atom is 0.272 e. The molecule has 4 nitrogen and oxygen atoms in total. The van der Waals surface area contributed by atoms with Crippen LogP contribution in [0.4, 0.5) is 0 Å². The Bertz CT molecular complexity index is 976. The van der Waals surface area contributed by atoms with Gasteiger partial charge in [-0.25, -0.2) is 5.43 Å². The van der Waals surface area contributed by atoms with Gasteiger partial charge in [0.1, 0.15) is 12.4 Å². The van der Waals surface area contributed by atoms with Crippen LogP contribution >= 0.6 is 27.5 Å². The molecule has 27 heavy (non-hydrogen) atoms. The summed E-state index contributed by atoms with van der Waals surface area (Å²) in [5.74, 6) is 0.420. The zero-order valence-electron chi connectivity index (χ0n) is 14.2. The molecule has 0 spiro atoms. The monoisotopic (exact) mass is 442 g/mol. The predicted molar refractivity (Wildman–Crippen MR) is 111 cm³/mol. The van der Waals surface area contributed by atoms with E-state index in [0.29, 0.717) is 27.4 Å². The minimum absolute atomic E-state index is 0.285. The molecule has 0 atom stereocenters. The summed E-state index contributed by atoms with van der Waals surface area (Å²) in [4.78, 5) is 12.1. The van der Waals surface area contributed by atoms with E-state index < -0.39 is 0 Å². The van der Waals surface area contributed by atoms with Gasteiger partial charge in [0.05, 0.1) is 11.8 Å². The topological polar surface area (TPSA) is 50.7 Å². The zero-order valence-corrected chi connectivity index (χ0v) is 16.6. The average Bonchev–Trinajstić information content (AvgIpc) is 2.67. The SMILES string of the molecule is O=C(N/N=C\c1cccc(OCc2cccc(Cl)c2)c1)c1ccccc1Br. The lowest BCUT2D eigenvalue weighted by Gasteiger charge is -2.07. The lowest BCUT2D eigenvalue weighted by molar-refractivity contribution is 0.0954. The maximum atomic E-state index is 12.1. The first-order chi connectivity index (χ1) is 13.1. The van der Waals surface area contributed by atoms with Crippen molar-refractivity contribution in [3.05, 3.63) is 99.0 Å². The third-order valence-corrected chi connectivity index (χ3v) is 4.58. The second-order valence-corrected chi connectivity index (χ2v) is 6.96. The van der Waals surface area contributed by atoms with E-state index in [-0.39, 0.29) is 5.91 Å². The van der Waals surface area contributed by atoms with E-state index in [0.717, 1.165) is 11.1 Å². The van der Waals surface area contributed by atoms with Gasteiger partial charge >= 0.3 is 0 Å². The summed E-state index contributed by atoms with van der Waals surface area (Å²) in [5.41, 5.74) is 4.84. The van der Waals surface area contributed by atoms with Crippen molar-refractivity contribution in [2.45, 2.75) is 6.61 Å². The molecule has 0 aromatic heterocycles. The molecule has 3 aromatic carbocycles. The first-order valence-corrected chi connectivity index (χ1v) is 9.34. The van der Waals surface area contributed by atoms with Crippen LogP contribution in [0.5, 0.6) is 5.75 Å². The number of ether oxygens (including phenoxy) is 1. The molecule has 0 bridgehead atoms. The number of hydrogen-bond donors (Lipinski definition) is 1. The van der Waals surface area contributed by atoms with E-state index in [1.807, 2.05) is 54.6 Å². The number of nitrogens with one attached hydrogen (secondary N) is 1. The molecule has 1 N–H and O–H groups in total. The Labute approximate surface area is 171 Å². The number of carbonyl (C=O) groups excluding carboxylic acids is 1. The van der Waals surface area contributed by atoms with Gasteiger partial charge in [-0.3, -0.25) is 4.79 Å². The summed E-state index contributed by atoms with van der Waals surface area (Å²) in [6.45, 7) is 0.417. The molecule has 0 fully saturated rings. The second kappa shape index (κ2) is 9.35. The Balaban J connectivity index is 1.59. The van der Waals surface area contributed by atoms with Gasteiger partial charge in [-0.2, -0.15) is 5.10 Å². The first-order valence-electron chi connectivity index (χ1n) is 8.17. The molecule has 1 amide bonds. The molecule has 0 aliphatic rings. The molecule has 0 saturated heterocycles. The highest BCUT2D eigenvalue weighted by atomic mass is 79.9. The van der Waals surface area contributed by atoms with Gasteiger partial charge < -0.3 is 4.74 Å². The van der Waals surface area contributed by atoms with Gasteiger partial charge in [-0.1, -0.05) is 48.0 Å². The van der Waals surface area contributed by atoms with Crippen LogP contribution in [0.2, 0.25) is 5.02 Å². The number of benzene rings is 3. The van der Waals surface area contributed by atoms with Gasteiger partial charge in [0.15, 0.2) is 0 Å². The van der Waals surface area contributed by atoms with Crippen molar-refractivity contribution >= 4 is 39.7 Å². The van der Waals surface area contributed by atoms with Crippen LogP contribution in [0, 0.1) is 0 Å². The molecule has 136 valence electrons. The van der Waals surface area contributed by atoms with Crippen LogP contribution in [-0.2, 0) is 6.61 Å². The smallest absolute Gasteiger partial charge is 0.272 e. The number of amides is 1. The van der Waals surface area contributed by atoms with Gasteiger partial charge in [-0.15, -0.1) is 0 Å². The quantitative estimate of drug-likeness (QED) is 0.407. The minimum Gasteiger partial charge on any atom is -0.489 e. The van der Waals surface area contributed by atoms with Crippen molar-refractivity contribution in [2.24, 2.45) is 5.10 Å². The predicted octanol–water partition coefficient (Wildman–Crippen LogP) is 5.45. The Morgan fingerprint density at radius 3 is 2.70 bits per heavy atom. The largest absolute Gasteiger partial charge is 0.489 e. The number of nitrogens with zero attached hydrogens (tertiary/aromatic N) is 1. The normalized spacial score (nSPS) is 10.7. The molecule has 0 unspecified atom stereocenters. The number of rotatable bonds is 6. The average molecular weight is 444 g/mol. The third kappa shape index (κ3) is 5.67. The highest BCUT2D eigenvalue weighted by Gasteiger charge is 2.07. The molecule has 0 radical (unpaired) electrons. The van der Waals surface area contributed by atoms with Gasteiger partial charge in [0, 0.05) is 9.50 Å². The van der Waals surface area contributed by atoms with Crippen molar-refractivity contribution in [1.29, 1.82) is 0 Å². The molecule has 0 heterocycles. The molecule has 6 heteroatoms. The zero-order chi connectivity index (χ0) is 19.1. The summed E-state index contributed by atoms with van der Waals surface area (Å²) in [6.07, 6.45) is 1.57. The number of hydrazone groups is 1. The van der Waals surface area contributed by atoms with Crippen molar-refractivity contribution in [1.82, 2.24) is 5.43 Å². The van der Waals surface area contributed by atoms with Crippen LogP contribution in [0.15, 0.2) is 82.4 Å². The van der Waals surface area contributed by atoms with E-state index in [1.165, 1.54) is 0 Å². The Morgan fingerprint density at radius 2 is 1.89 bits per heavy atom. The maximum absolute atomic E-state index is 12.1. The van der Waals surface area contributed by atoms with Crippen LogP contribution in [0.1, 0.15) is 21.5 Å². The van der Waals surface area contributed by atoms with Crippen molar-refractivity contribution in [2.75, 3.05) is 0 Å². The molecule has 0 aliphatic carbocycles. The Hall–Kier alpha value is -2.63. The summed E-state index contributed by atoms with van der Waals surface area (Å²) in [6, 6.07) is 22.1. The van der Waals surface area contributed by atoms with Crippen molar-refractivity contribution in [3.63, 3.8) is 0 Å². The fourth-order valence-electron chi connectivity index (χ4n) is 2.35. The Morgan fingerprint density at radius 1 is 1.07 bits per heavy atom. The summed E-state index contributed by atoms with van der Waals surface area (Å²) in [5, 5.41) is 4.69. The molecule has 3 rings (SSSR count). The molecule has 3 aromatic rings. The summed E-state index contributed by atoms with van der Waals surface area (Å²) >= 11 is 9.32. The molecule has 0 aliphatic heterocycles. The van der Waals surface area contributed by atoms with Crippen molar-refractivity contribution in [3.8, 4) is 5.75 Å². The molecule has 0 saturated carbocycles. The second-order valence-electron chi connectivity index (χ2n) is 5.67. The van der Waals surface area contributed by atoms with E-state index >= 15 is 0 Å². The lowest BCUT2D eigenvalue weighted by atomic mass is 10.2. The van der Waals surface area contributed by atoms with Crippen LogP contribution in [0.3, 0.4) is 0 Å². The van der Waals surface area contributed by atoms with Gasteiger partial charge in [0.2, 0.25) is 0 Å². The van der Waals surface area contributed by atoms with E-state index in [1.54, 1.807) is 24.4 Å². The van der Waals surface area contributed by atoms with E-state index in [9.17, 15) is 4.79 Å². The van der Waals surface area contributed by atoms with Gasteiger partial charge in [-0.05, 0) is 63.5 Å². The number of halogens is 2. The lowest BCUT2D eigenvalue weighted by Crippen LogP contribution is -2.18. The van der Waals surface area contributed by atoms with E-state index in [4.69, 9.17) is 16.3 Å². The van der Waals surface area contributed by atoms with E-state index in [2.05, 4.69) is 26.5 Å². The van der Waals surface area contributed by atoms with Gasteiger partial charge in [0.25, 0.3) is 5.91 Å². The molecular formula is C21H16BrClN2O2. The summed E-state index contributed by atoms with van der Waals surface area (Å²) in [7, 11) is 0. The third-order valence-electron chi connectivity index (χ3n) is 3.65. The number of carbonyl (C=O) groups is 1. The fraction of sp³-hybridized carbons (Fsp3) is 0.0476.